The first-order valence-corrected chi connectivity index (χ1v) is 6.02. The SMILES string of the molecule is Cl.O=C(COc1ccccc1)NC1CCNCC1. The summed E-state index contributed by atoms with van der Waals surface area (Å²) in [4.78, 5) is 11.6. The predicted molar refractivity (Wildman–Crippen MR) is 73.2 cm³/mol. The monoisotopic (exact) mass is 270 g/mol. The Morgan fingerprint density at radius 2 is 1.94 bits per heavy atom. The summed E-state index contributed by atoms with van der Waals surface area (Å²) in [5, 5.41) is 6.25. The fourth-order valence-electron chi connectivity index (χ4n) is 1.90. The largest absolute Gasteiger partial charge is 0.484 e. The minimum Gasteiger partial charge on any atom is -0.484 e. The molecule has 2 N–H and O–H groups in total. The quantitative estimate of drug-likeness (QED) is 0.869. The van der Waals surface area contributed by atoms with Crippen LogP contribution in [0.25, 0.3) is 0 Å². The van der Waals surface area contributed by atoms with Crippen molar-refractivity contribution in [2.75, 3.05) is 19.7 Å². The fourth-order valence-corrected chi connectivity index (χ4v) is 1.90. The molecule has 0 unspecified atom stereocenters. The molecule has 2 rings (SSSR count). The molecule has 0 bridgehead atoms. The van der Waals surface area contributed by atoms with Crippen molar-refractivity contribution in [3.63, 3.8) is 0 Å². The van der Waals surface area contributed by atoms with E-state index < -0.39 is 0 Å². The molecule has 0 atom stereocenters. The number of rotatable bonds is 4. The zero-order valence-electron chi connectivity index (χ0n) is 10.2. The smallest absolute Gasteiger partial charge is 0.258 e. The van der Waals surface area contributed by atoms with Gasteiger partial charge in [0.1, 0.15) is 5.75 Å². The number of hydrogen-bond acceptors (Lipinski definition) is 3. The molecule has 4 nitrogen and oxygen atoms in total. The summed E-state index contributed by atoms with van der Waals surface area (Å²) in [7, 11) is 0. The second kappa shape index (κ2) is 7.95. The van der Waals surface area contributed by atoms with Crippen molar-refractivity contribution in [3.8, 4) is 5.75 Å². The summed E-state index contributed by atoms with van der Waals surface area (Å²) in [6.45, 7) is 2.04. The molecule has 1 aromatic rings. The number of halogens is 1. The number of carbonyl (C=O) groups excluding carboxylic acids is 1. The molecule has 0 spiro atoms. The second-order valence-electron chi connectivity index (χ2n) is 4.19. The number of para-hydroxylation sites is 1. The van der Waals surface area contributed by atoms with Gasteiger partial charge < -0.3 is 15.4 Å². The molecular weight excluding hydrogens is 252 g/mol. The summed E-state index contributed by atoms with van der Waals surface area (Å²) >= 11 is 0. The van der Waals surface area contributed by atoms with Gasteiger partial charge in [-0.15, -0.1) is 12.4 Å². The zero-order chi connectivity index (χ0) is 11.9. The summed E-state index contributed by atoms with van der Waals surface area (Å²) in [5.74, 6) is 0.689. The summed E-state index contributed by atoms with van der Waals surface area (Å²) in [6, 6.07) is 9.68. The molecule has 0 aliphatic carbocycles. The molecule has 1 heterocycles. The lowest BCUT2D eigenvalue weighted by molar-refractivity contribution is -0.123. The molecule has 1 fully saturated rings. The number of piperidine rings is 1. The maximum atomic E-state index is 11.6. The van der Waals surface area contributed by atoms with E-state index in [0.717, 1.165) is 31.7 Å². The van der Waals surface area contributed by atoms with Gasteiger partial charge in [0.15, 0.2) is 6.61 Å². The van der Waals surface area contributed by atoms with Gasteiger partial charge >= 0.3 is 0 Å². The predicted octanol–water partition coefficient (Wildman–Crippen LogP) is 1.36. The number of benzene rings is 1. The van der Waals surface area contributed by atoms with E-state index in [1.54, 1.807) is 0 Å². The van der Waals surface area contributed by atoms with Gasteiger partial charge in [0.25, 0.3) is 5.91 Å². The van der Waals surface area contributed by atoms with Crippen LogP contribution >= 0.6 is 12.4 Å². The molecule has 100 valence electrons. The van der Waals surface area contributed by atoms with Gasteiger partial charge in [0, 0.05) is 6.04 Å². The van der Waals surface area contributed by atoms with Crippen LogP contribution in [-0.4, -0.2) is 31.6 Å². The molecule has 1 amide bonds. The first-order valence-electron chi connectivity index (χ1n) is 6.02. The maximum Gasteiger partial charge on any atom is 0.258 e. The van der Waals surface area contributed by atoms with Gasteiger partial charge in [-0.1, -0.05) is 18.2 Å². The van der Waals surface area contributed by atoms with E-state index in [0.29, 0.717) is 6.04 Å². The van der Waals surface area contributed by atoms with Crippen LogP contribution in [0.3, 0.4) is 0 Å². The van der Waals surface area contributed by atoms with Crippen molar-refractivity contribution in [1.82, 2.24) is 10.6 Å². The van der Waals surface area contributed by atoms with Crippen molar-refractivity contribution in [2.24, 2.45) is 0 Å². The number of amides is 1. The Hall–Kier alpha value is -1.26. The van der Waals surface area contributed by atoms with Crippen LogP contribution in [0.2, 0.25) is 0 Å². The van der Waals surface area contributed by atoms with Crippen LogP contribution < -0.4 is 15.4 Å². The number of hydrogen-bond donors (Lipinski definition) is 2. The third kappa shape index (κ3) is 4.94. The van der Waals surface area contributed by atoms with Crippen LogP contribution in [0.1, 0.15) is 12.8 Å². The van der Waals surface area contributed by atoms with E-state index in [-0.39, 0.29) is 24.9 Å². The highest BCUT2D eigenvalue weighted by Crippen LogP contribution is 2.08. The Balaban J connectivity index is 0.00000162. The van der Waals surface area contributed by atoms with E-state index >= 15 is 0 Å². The summed E-state index contributed by atoms with van der Waals surface area (Å²) in [5.41, 5.74) is 0. The van der Waals surface area contributed by atoms with Crippen LogP contribution in [0.4, 0.5) is 0 Å². The Morgan fingerprint density at radius 3 is 2.61 bits per heavy atom. The Morgan fingerprint density at radius 1 is 1.28 bits per heavy atom. The van der Waals surface area contributed by atoms with E-state index in [2.05, 4.69) is 10.6 Å². The van der Waals surface area contributed by atoms with Gasteiger partial charge in [0.2, 0.25) is 0 Å². The highest BCUT2D eigenvalue weighted by atomic mass is 35.5. The minimum absolute atomic E-state index is 0. The molecular formula is C13H19ClN2O2. The fraction of sp³-hybridized carbons (Fsp3) is 0.462. The topological polar surface area (TPSA) is 50.4 Å². The lowest BCUT2D eigenvalue weighted by Crippen LogP contribution is -2.44. The average Bonchev–Trinajstić information content (AvgIpc) is 2.39. The Bertz CT molecular complexity index is 353. The lowest BCUT2D eigenvalue weighted by atomic mass is 10.1. The van der Waals surface area contributed by atoms with Gasteiger partial charge in [-0.2, -0.15) is 0 Å². The van der Waals surface area contributed by atoms with E-state index in [4.69, 9.17) is 4.74 Å². The normalized spacial score (nSPS) is 15.6. The molecule has 5 heteroatoms. The molecule has 18 heavy (non-hydrogen) atoms. The van der Waals surface area contributed by atoms with Gasteiger partial charge in [-0.25, -0.2) is 0 Å². The van der Waals surface area contributed by atoms with Gasteiger partial charge in [-0.05, 0) is 38.1 Å². The molecule has 0 radical (unpaired) electrons. The van der Waals surface area contributed by atoms with Crippen molar-refractivity contribution < 1.29 is 9.53 Å². The molecule has 0 aromatic heterocycles. The minimum atomic E-state index is -0.0410. The van der Waals surface area contributed by atoms with E-state index in [1.165, 1.54) is 0 Å². The highest BCUT2D eigenvalue weighted by molar-refractivity contribution is 5.85. The molecule has 0 saturated carbocycles. The molecule has 1 aliphatic heterocycles. The van der Waals surface area contributed by atoms with Crippen LogP contribution in [0.15, 0.2) is 30.3 Å². The van der Waals surface area contributed by atoms with Gasteiger partial charge in [-0.3, -0.25) is 4.79 Å². The second-order valence-corrected chi connectivity index (χ2v) is 4.19. The van der Waals surface area contributed by atoms with Crippen LogP contribution in [-0.2, 0) is 4.79 Å². The Kier molecular flexibility index (Phi) is 6.54. The van der Waals surface area contributed by atoms with Crippen LogP contribution in [0, 0.1) is 0 Å². The van der Waals surface area contributed by atoms with Crippen molar-refractivity contribution >= 4 is 18.3 Å². The molecule has 1 aromatic carbocycles. The van der Waals surface area contributed by atoms with Crippen molar-refractivity contribution in [2.45, 2.75) is 18.9 Å². The first kappa shape index (κ1) is 14.8. The van der Waals surface area contributed by atoms with E-state index in [9.17, 15) is 4.79 Å². The zero-order valence-corrected chi connectivity index (χ0v) is 11.0. The summed E-state index contributed by atoms with van der Waals surface area (Å²) in [6.07, 6.45) is 1.99. The number of ether oxygens (including phenoxy) is 1. The standard InChI is InChI=1S/C13H18N2O2.ClH/c16-13(15-11-6-8-14-9-7-11)10-17-12-4-2-1-3-5-12;/h1-5,11,14H,6-10H2,(H,15,16);1H. The molecule has 1 saturated heterocycles. The number of carbonyl (C=O) groups is 1. The van der Waals surface area contributed by atoms with Crippen molar-refractivity contribution in [1.29, 1.82) is 0 Å². The molecule has 1 aliphatic rings. The first-order chi connectivity index (χ1) is 8.34. The van der Waals surface area contributed by atoms with Gasteiger partial charge in [0.05, 0.1) is 0 Å². The third-order valence-corrected chi connectivity index (χ3v) is 2.82. The Labute approximate surface area is 114 Å². The van der Waals surface area contributed by atoms with Crippen molar-refractivity contribution in [3.05, 3.63) is 30.3 Å². The third-order valence-electron chi connectivity index (χ3n) is 2.82. The summed E-state index contributed by atoms with van der Waals surface area (Å²) < 4.78 is 5.38. The number of nitrogens with one attached hydrogen (secondary N) is 2. The van der Waals surface area contributed by atoms with Crippen LogP contribution in [0.5, 0.6) is 5.75 Å². The lowest BCUT2D eigenvalue weighted by Gasteiger charge is -2.23. The average molecular weight is 271 g/mol. The maximum absolute atomic E-state index is 11.6. The van der Waals surface area contributed by atoms with E-state index in [1.807, 2.05) is 30.3 Å². The highest BCUT2D eigenvalue weighted by Gasteiger charge is 2.15.